The molecule has 9 heteroatoms. The Hall–Kier alpha value is -1.86. The molecule has 1 aromatic heterocycles. The minimum absolute atomic E-state index is 0.356. The molecule has 0 aliphatic heterocycles. The maximum Gasteiger partial charge on any atom is 0.291 e. The quantitative estimate of drug-likeness (QED) is 0.563. The molecule has 142 valence electrons. The van der Waals surface area contributed by atoms with E-state index in [1.54, 1.807) is 12.7 Å². The van der Waals surface area contributed by atoms with Crippen molar-refractivity contribution in [2.75, 3.05) is 0 Å². The smallest absolute Gasteiger partial charge is 0.291 e. The molecular formula is C17H22Cl2N4O3. The molecule has 1 aliphatic carbocycles. The SMILES string of the molecule is Clc1ccc(C(CC2CCCCC2)Cn2cncn2)c(Cl)c1.O=[N+]([O-])O. The fraction of sp³-hybridized carbons (Fsp3) is 0.529. The van der Waals surface area contributed by atoms with Gasteiger partial charge in [0.15, 0.2) is 0 Å². The molecule has 1 aromatic carbocycles. The van der Waals surface area contributed by atoms with Crippen LogP contribution >= 0.6 is 23.2 Å². The van der Waals surface area contributed by atoms with E-state index in [-0.39, 0.29) is 0 Å². The minimum Gasteiger partial charge on any atom is -0.328 e. The van der Waals surface area contributed by atoms with Gasteiger partial charge in [0.1, 0.15) is 12.7 Å². The molecule has 1 saturated carbocycles. The number of halogens is 2. The Labute approximate surface area is 162 Å². The Morgan fingerprint density at radius 2 is 2.00 bits per heavy atom. The van der Waals surface area contributed by atoms with Crippen LogP contribution in [0.25, 0.3) is 0 Å². The van der Waals surface area contributed by atoms with Gasteiger partial charge in [-0.25, -0.2) is 4.98 Å². The van der Waals surface area contributed by atoms with E-state index in [4.69, 9.17) is 38.5 Å². The molecule has 3 rings (SSSR count). The summed E-state index contributed by atoms with van der Waals surface area (Å²) in [6.45, 7) is 0.817. The van der Waals surface area contributed by atoms with E-state index in [2.05, 4.69) is 16.1 Å². The average molecular weight is 401 g/mol. The molecule has 0 saturated heterocycles. The van der Waals surface area contributed by atoms with Gasteiger partial charge in [0.05, 0.1) is 0 Å². The molecule has 1 N–H and O–H groups in total. The summed E-state index contributed by atoms with van der Waals surface area (Å²) in [5, 5.41) is 19.3. The summed E-state index contributed by atoms with van der Waals surface area (Å²) < 4.78 is 1.90. The van der Waals surface area contributed by atoms with E-state index in [1.807, 2.05) is 16.8 Å². The van der Waals surface area contributed by atoms with Gasteiger partial charge in [0.2, 0.25) is 0 Å². The van der Waals surface area contributed by atoms with Crippen LogP contribution in [0.15, 0.2) is 30.9 Å². The standard InChI is InChI=1S/C17H21Cl2N3.HNO3/c18-15-6-7-16(17(19)9-15)14(10-22-12-20-11-21-22)8-13-4-2-1-3-5-13;2-1(3)4/h6-7,9,11-14H,1-5,8,10H2;(H,2,3,4). The second-order valence-corrected chi connectivity index (χ2v) is 7.30. The van der Waals surface area contributed by atoms with Crippen LogP contribution in [0.2, 0.25) is 10.0 Å². The number of hydrogen-bond donors (Lipinski definition) is 1. The van der Waals surface area contributed by atoms with Crippen molar-refractivity contribution in [1.82, 2.24) is 14.8 Å². The predicted octanol–water partition coefficient (Wildman–Crippen LogP) is 4.99. The van der Waals surface area contributed by atoms with Crippen LogP contribution in [0.3, 0.4) is 0 Å². The lowest BCUT2D eigenvalue weighted by molar-refractivity contribution is -0.742. The summed E-state index contributed by atoms with van der Waals surface area (Å²) >= 11 is 12.5. The summed E-state index contributed by atoms with van der Waals surface area (Å²) in [4.78, 5) is 12.4. The second-order valence-electron chi connectivity index (χ2n) is 6.46. The van der Waals surface area contributed by atoms with Crippen molar-refractivity contribution in [1.29, 1.82) is 0 Å². The molecule has 1 atom stereocenters. The van der Waals surface area contributed by atoms with Crippen molar-refractivity contribution >= 4 is 23.2 Å². The zero-order chi connectivity index (χ0) is 18.9. The molecule has 1 unspecified atom stereocenters. The van der Waals surface area contributed by atoms with E-state index >= 15 is 0 Å². The highest BCUT2D eigenvalue weighted by atomic mass is 35.5. The van der Waals surface area contributed by atoms with Crippen molar-refractivity contribution < 1.29 is 10.3 Å². The van der Waals surface area contributed by atoms with E-state index in [0.29, 0.717) is 10.9 Å². The Bertz CT molecular complexity index is 687. The highest BCUT2D eigenvalue weighted by molar-refractivity contribution is 6.35. The minimum atomic E-state index is -1.50. The second kappa shape index (κ2) is 10.3. The molecule has 26 heavy (non-hydrogen) atoms. The molecular weight excluding hydrogens is 379 g/mol. The third-order valence-electron chi connectivity index (χ3n) is 4.62. The molecule has 0 radical (unpaired) electrons. The fourth-order valence-electron chi connectivity index (χ4n) is 3.51. The molecule has 1 heterocycles. The zero-order valence-electron chi connectivity index (χ0n) is 14.3. The topological polar surface area (TPSA) is 94.1 Å². The van der Waals surface area contributed by atoms with Gasteiger partial charge in [-0.15, -0.1) is 10.1 Å². The first kappa shape index (κ1) is 20.5. The van der Waals surface area contributed by atoms with Gasteiger partial charge in [0, 0.05) is 22.5 Å². The van der Waals surface area contributed by atoms with E-state index in [9.17, 15) is 0 Å². The van der Waals surface area contributed by atoms with Crippen LogP contribution in [0.4, 0.5) is 0 Å². The van der Waals surface area contributed by atoms with Gasteiger partial charge >= 0.3 is 0 Å². The number of aromatic nitrogens is 3. The third kappa shape index (κ3) is 6.80. The maximum atomic E-state index is 8.36. The molecule has 2 aromatic rings. The highest BCUT2D eigenvalue weighted by Crippen LogP contribution is 2.37. The maximum absolute atomic E-state index is 8.36. The molecule has 1 aliphatic rings. The van der Waals surface area contributed by atoms with Crippen LogP contribution in [0.5, 0.6) is 0 Å². The zero-order valence-corrected chi connectivity index (χ0v) is 15.8. The number of nitrogens with zero attached hydrogens (tertiary/aromatic N) is 4. The Morgan fingerprint density at radius 3 is 2.58 bits per heavy atom. The first-order valence-corrected chi connectivity index (χ1v) is 9.32. The first-order chi connectivity index (χ1) is 12.5. The summed E-state index contributed by atoms with van der Waals surface area (Å²) in [5.41, 5.74) is 1.17. The van der Waals surface area contributed by atoms with Crippen LogP contribution in [0, 0.1) is 16.0 Å². The lowest BCUT2D eigenvalue weighted by Gasteiger charge is -2.27. The molecule has 0 amide bonds. The predicted molar refractivity (Wildman–Crippen MR) is 99.2 cm³/mol. The Kier molecular flexibility index (Phi) is 8.12. The Balaban J connectivity index is 0.000000552. The molecule has 1 fully saturated rings. The van der Waals surface area contributed by atoms with Crippen LogP contribution in [-0.4, -0.2) is 25.1 Å². The molecule has 0 bridgehead atoms. The van der Waals surface area contributed by atoms with Gasteiger partial charge in [-0.3, -0.25) is 4.68 Å². The highest BCUT2D eigenvalue weighted by Gasteiger charge is 2.22. The normalized spacial score (nSPS) is 15.8. The van der Waals surface area contributed by atoms with Crippen molar-refractivity contribution in [3.63, 3.8) is 0 Å². The third-order valence-corrected chi connectivity index (χ3v) is 5.18. The number of hydrogen-bond acceptors (Lipinski definition) is 4. The summed E-state index contributed by atoms with van der Waals surface area (Å²) in [7, 11) is 0. The molecule has 0 spiro atoms. The first-order valence-electron chi connectivity index (χ1n) is 8.56. The number of rotatable bonds is 5. The van der Waals surface area contributed by atoms with Crippen molar-refractivity contribution in [2.24, 2.45) is 5.92 Å². The van der Waals surface area contributed by atoms with Crippen molar-refractivity contribution in [3.8, 4) is 0 Å². The van der Waals surface area contributed by atoms with Crippen molar-refractivity contribution in [3.05, 3.63) is 56.6 Å². The van der Waals surface area contributed by atoms with Gasteiger partial charge in [-0.1, -0.05) is 61.4 Å². The lowest BCUT2D eigenvalue weighted by Crippen LogP contribution is -2.16. The van der Waals surface area contributed by atoms with E-state index in [1.165, 1.54) is 37.7 Å². The largest absolute Gasteiger partial charge is 0.328 e. The van der Waals surface area contributed by atoms with Crippen molar-refractivity contribution in [2.45, 2.75) is 51.0 Å². The van der Waals surface area contributed by atoms with Gasteiger partial charge in [-0.05, 0) is 30.0 Å². The van der Waals surface area contributed by atoms with Gasteiger partial charge < -0.3 is 5.21 Å². The fourth-order valence-corrected chi connectivity index (χ4v) is 4.07. The van der Waals surface area contributed by atoms with Crippen LogP contribution in [0.1, 0.15) is 50.0 Å². The summed E-state index contributed by atoms with van der Waals surface area (Å²) in [5.74, 6) is 1.14. The number of benzene rings is 1. The summed E-state index contributed by atoms with van der Waals surface area (Å²) in [6.07, 6.45) is 11.3. The van der Waals surface area contributed by atoms with Crippen LogP contribution in [-0.2, 0) is 6.54 Å². The lowest BCUT2D eigenvalue weighted by atomic mass is 9.80. The van der Waals surface area contributed by atoms with E-state index < -0.39 is 5.09 Å². The molecule has 7 nitrogen and oxygen atoms in total. The monoisotopic (exact) mass is 400 g/mol. The average Bonchev–Trinajstić information content (AvgIpc) is 3.08. The van der Waals surface area contributed by atoms with Crippen LogP contribution < -0.4 is 0 Å². The van der Waals surface area contributed by atoms with Gasteiger partial charge in [0.25, 0.3) is 5.09 Å². The Morgan fingerprint density at radius 1 is 1.31 bits per heavy atom. The van der Waals surface area contributed by atoms with Gasteiger partial charge in [-0.2, -0.15) is 5.10 Å². The summed E-state index contributed by atoms with van der Waals surface area (Å²) in [6, 6.07) is 5.83. The van der Waals surface area contributed by atoms with E-state index in [0.717, 1.165) is 23.9 Å².